The van der Waals surface area contributed by atoms with Gasteiger partial charge in [0.1, 0.15) is 0 Å². The van der Waals surface area contributed by atoms with E-state index in [1.165, 1.54) is 0 Å². The Morgan fingerprint density at radius 3 is 2.79 bits per heavy atom. The van der Waals surface area contributed by atoms with E-state index in [9.17, 15) is 0 Å². The summed E-state index contributed by atoms with van der Waals surface area (Å²) in [4.78, 5) is 6.80. The number of hydrogen-bond donors (Lipinski definition) is 1. The summed E-state index contributed by atoms with van der Waals surface area (Å²) >= 11 is 0. The first-order valence-electron chi connectivity index (χ1n) is 6.98. The quantitative estimate of drug-likeness (QED) is 0.742. The van der Waals surface area contributed by atoms with Gasteiger partial charge in [-0.25, -0.2) is 4.98 Å². The van der Waals surface area contributed by atoms with Crippen molar-refractivity contribution in [2.24, 2.45) is 5.92 Å². The van der Waals surface area contributed by atoms with Crippen LogP contribution in [-0.4, -0.2) is 54.8 Å². The summed E-state index contributed by atoms with van der Waals surface area (Å²) < 4.78 is 7.28. The second kappa shape index (κ2) is 8.17. The van der Waals surface area contributed by atoms with Gasteiger partial charge in [0.15, 0.2) is 0 Å². The summed E-state index contributed by atoms with van der Waals surface area (Å²) in [5, 5.41) is 3.41. The van der Waals surface area contributed by atoms with Gasteiger partial charge >= 0.3 is 0 Å². The van der Waals surface area contributed by atoms with Crippen LogP contribution in [0.15, 0.2) is 6.20 Å². The molecule has 0 aliphatic rings. The molecule has 19 heavy (non-hydrogen) atoms. The SMILES string of the molecule is COCCN(C)CCn1cc(C)nc1NCC(C)C. The molecule has 0 aliphatic carbocycles. The number of imidazole rings is 1. The van der Waals surface area contributed by atoms with Gasteiger partial charge in [-0.3, -0.25) is 0 Å². The van der Waals surface area contributed by atoms with E-state index in [0.29, 0.717) is 5.92 Å². The Morgan fingerprint density at radius 2 is 2.16 bits per heavy atom. The minimum Gasteiger partial charge on any atom is -0.383 e. The molecule has 0 aromatic carbocycles. The lowest BCUT2D eigenvalue weighted by atomic mass is 10.2. The Morgan fingerprint density at radius 1 is 1.42 bits per heavy atom. The van der Waals surface area contributed by atoms with Crippen LogP contribution in [0.1, 0.15) is 19.5 Å². The molecule has 5 heteroatoms. The molecule has 5 nitrogen and oxygen atoms in total. The number of nitrogens with zero attached hydrogens (tertiary/aromatic N) is 3. The maximum absolute atomic E-state index is 5.08. The van der Waals surface area contributed by atoms with Crippen LogP contribution < -0.4 is 5.32 Å². The number of rotatable bonds is 9. The summed E-state index contributed by atoms with van der Waals surface area (Å²) in [5.41, 5.74) is 1.06. The van der Waals surface area contributed by atoms with Crippen molar-refractivity contribution < 1.29 is 4.74 Å². The van der Waals surface area contributed by atoms with Crippen LogP contribution in [0.25, 0.3) is 0 Å². The van der Waals surface area contributed by atoms with E-state index in [1.807, 2.05) is 6.92 Å². The van der Waals surface area contributed by atoms with Crippen LogP contribution in [0.4, 0.5) is 5.95 Å². The molecule has 0 spiro atoms. The zero-order valence-electron chi connectivity index (χ0n) is 12.9. The lowest BCUT2D eigenvalue weighted by Crippen LogP contribution is -2.27. The van der Waals surface area contributed by atoms with Gasteiger partial charge in [-0.2, -0.15) is 0 Å². The third kappa shape index (κ3) is 6.07. The molecule has 0 bridgehead atoms. The molecular weight excluding hydrogens is 240 g/mol. The Bertz CT molecular complexity index is 362. The van der Waals surface area contributed by atoms with Crippen molar-refractivity contribution in [3.63, 3.8) is 0 Å². The molecule has 0 saturated carbocycles. The molecule has 1 aromatic rings. The Kier molecular flexibility index (Phi) is 6.87. The fourth-order valence-corrected chi connectivity index (χ4v) is 1.79. The maximum Gasteiger partial charge on any atom is 0.203 e. The Balaban J connectivity index is 2.47. The van der Waals surface area contributed by atoms with Gasteiger partial charge in [-0.15, -0.1) is 0 Å². The fourth-order valence-electron chi connectivity index (χ4n) is 1.79. The number of aryl methyl sites for hydroxylation is 1. The predicted molar refractivity (Wildman–Crippen MR) is 79.7 cm³/mol. The highest BCUT2D eigenvalue weighted by atomic mass is 16.5. The molecule has 0 aliphatic heterocycles. The molecule has 1 rings (SSSR count). The van der Waals surface area contributed by atoms with Crippen LogP contribution in [-0.2, 0) is 11.3 Å². The average Bonchev–Trinajstić information content (AvgIpc) is 2.71. The maximum atomic E-state index is 5.08. The molecule has 0 amide bonds. The van der Waals surface area contributed by atoms with Gasteiger partial charge in [0, 0.05) is 39.5 Å². The van der Waals surface area contributed by atoms with Gasteiger partial charge in [0.05, 0.1) is 12.3 Å². The summed E-state index contributed by atoms with van der Waals surface area (Å²) in [6.07, 6.45) is 2.10. The molecule has 1 heterocycles. The van der Waals surface area contributed by atoms with Gasteiger partial charge in [0.25, 0.3) is 0 Å². The third-order valence-corrected chi connectivity index (χ3v) is 2.97. The minimum atomic E-state index is 0.620. The van der Waals surface area contributed by atoms with E-state index < -0.39 is 0 Å². The highest BCUT2D eigenvalue weighted by Crippen LogP contribution is 2.09. The number of anilines is 1. The highest BCUT2D eigenvalue weighted by molar-refractivity contribution is 5.28. The monoisotopic (exact) mass is 268 g/mol. The van der Waals surface area contributed by atoms with Crippen LogP contribution in [0.2, 0.25) is 0 Å². The van der Waals surface area contributed by atoms with Crippen molar-refractivity contribution in [3.8, 4) is 0 Å². The zero-order valence-corrected chi connectivity index (χ0v) is 12.9. The number of hydrogen-bond acceptors (Lipinski definition) is 4. The van der Waals surface area contributed by atoms with E-state index in [1.54, 1.807) is 7.11 Å². The summed E-state index contributed by atoms with van der Waals surface area (Å²) in [6.45, 7) is 11.1. The Hall–Kier alpha value is -1.07. The Labute approximate surface area is 117 Å². The lowest BCUT2D eigenvalue weighted by molar-refractivity contribution is 0.159. The first kappa shape index (κ1) is 16.0. The highest BCUT2D eigenvalue weighted by Gasteiger charge is 2.07. The van der Waals surface area contributed by atoms with Crippen molar-refractivity contribution >= 4 is 5.95 Å². The van der Waals surface area contributed by atoms with Crippen LogP contribution in [0, 0.1) is 12.8 Å². The van der Waals surface area contributed by atoms with E-state index in [-0.39, 0.29) is 0 Å². The minimum absolute atomic E-state index is 0.620. The van der Waals surface area contributed by atoms with Gasteiger partial charge in [0.2, 0.25) is 5.95 Å². The van der Waals surface area contributed by atoms with Crippen molar-refractivity contribution in [2.75, 3.05) is 45.7 Å². The molecule has 1 aromatic heterocycles. The summed E-state index contributed by atoms with van der Waals surface area (Å²) in [6, 6.07) is 0. The van der Waals surface area contributed by atoms with Crippen molar-refractivity contribution in [1.82, 2.24) is 14.5 Å². The number of nitrogens with one attached hydrogen (secondary N) is 1. The molecular formula is C14H28N4O. The first-order valence-corrected chi connectivity index (χ1v) is 6.98. The number of methoxy groups -OCH3 is 1. The first-order chi connectivity index (χ1) is 9.02. The van der Waals surface area contributed by atoms with Gasteiger partial charge in [-0.05, 0) is 19.9 Å². The van der Waals surface area contributed by atoms with E-state index in [4.69, 9.17) is 4.74 Å². The van der Waals surface area contributed by atoms with E-state index >= 15 is 0 Å². The van der Waals surface area contributed by atoms with Crippen LogP contribution in [0.3, 0.4) is 0 Å². The topological polar surface area (TPSA) is 42.3 Å². The van der Waals surface area contributed by atoms with Crippen molar-refractivity contribution in [1.29, 1.82) is 0 Å². The van der Waals surface area contributed by atoms with Crippen LogP contribution >= 0.6 is 0 Å². The summed E-state index contributed by atoms with van der Waals surface area (Å²) in [7, 11) is 3.85. The normalized spacial score (nSPS) is 11.5. The fraction of sp³-hybridized carbons (Fsp3) is 0.786. The second-order valence-electron chi connectivity index (χ2n) is 5.47. The molecule has 0 fully saturated rings. The van der Waals surface area contributed by atoms with E-state index in [0.717, 1.165) is 44.4 Å². The predicted octanol–water partition coefficient (Wildman–Crippen LogP) is 1.84. The molecule has 110 valence electrons. The molecule has 1 N–H and O–H groups in total. The molecule has 0 radical (unpaired) electrons. The lowest BCUT2D eigenvalue weighted by Gasteiger charge is -2.17. The van der Waals surface area contributed by atoms with E-state index in [2.05, 4.69) is 46.9 Å². The summed E-state index contributed by atoms with van der Waals surface area (Å²) in [5.74, 6) is 1.60. The number of likely N-dealkylation sites (N-methyl/N-ethyl adjacent to an activating group) is 1. The van der Waals surface area contributed by atoms with Crippen molar-refractivity contribution in [3.05, 3.63) is 11.9 Å². The molecule has 0 atom stereocenters. The van der Waals surface area contributed by atoms with Gasteiger partial charge < -0.3 is 19.5 Å². The van der Waals surface area contributed by atoms with Gasteiger partial charge in [-0.1, -0.05) is 13.8 Å². The van der Waals surface area contributed by atoms with Crippen molar-refractivity contribution in [2.45, 2.75) is 27.3 Å². The molecule has 0 unspecified atom stereocenters. The second-order valence-corrected chi connectivity index (χ2v) is 5.47. The smallest absolute Gasteiger partial charge is 0.203 e. The third-order valence-electron chi connectivity index (χ3n) is 2.97. The standard InChI is InChI=1S/C14H28N4O/c1-12(2)10-15-14-16-13(3)11-18(14)7-6-17(4)8-9-19-5/h11-12H,6-10H2,1-5H3,(H,15,16). The average molecular weight is 268 g/mol. The van der Waals surface area contributed by atoms with Crippen LogP contribution in [0.5, 0.6) is 0 Å². The molecule has 0 saturated heterocycles. The number of ether oxygens (including phenoxy) is 1. The zero-order chi connectivity index (χ0) is 14.3. The largest absolute Gasteiger partial charge is 0.383 e. The number of aromatic nitrogens is 2.